The molecular formula is C22H23F3N3OP. The molecule has 1 N–H and O–H groups in total. The van der Waals surface area contributed by atoms with E-state index in [0.717, 1.165) is 24.2 Å². The lowest BCUT2D eigenvalue weighted by Gasteiger charge is -2.19. The van der Waals surface area contributed by atoms with Crippen LogP contribution in [0.5, 0.6) is 0 Å². The van der Waals surface area contributed by atoms with Crippen LogP contribution >= 0.6 is 7.14 Å². The smallest absolute Gasteiger partial charge is 0.266 e. The predicted octanol–water partition coefficient (Wildman–Crippen LogP) is 5.97. The molecule has 1 aliphatic heterocycles. The van der Waals surface area contributed by atoms with Crippen LogP contribution in [0.25, 0.3) is 10.9 Å². The molecule has 0 amide bonds. The Kier molecular flexibility index (Phi) is 5.58. The SMILES string of the molecule is Cc1nc(N[C@H](C)c2cccc(C(F)F)c2F)c2cc(P3(=O)CCCC3)ccc2n1. The van der Waals surface area contributed by atoms with Crippen LogP contribution in [0.15, 0.2) is 36.4 Å². The van der Waals surface area contributed by atoms with E-state index in [9.17, 15) is 17.7 Å². The number of halogens is 3. The van der Waals surface area contributed by atoms with E-state index >= 15 is 0 Å². The Morgan fingerprint density at radius 2 is 1.77 bits per heavy atom. The quantitative estimate of drug-likeness (QED) is 0.504. The van der Waals surface area contributed by atoms with Gasteiger partial charge in [0.05, 0.1) is 17.1 Å². The van der Waals surface area contributed by atoms with Crippen LogP contribution in [-0.2, 0) is 4.57 Å². The highest BCUT2D eigenvalue weighted by molar-refractivity contribution is 7.71. The number of benzene rings is 2. The molecule has 1 saturated heterocycles. The topological polar surface area (TPSA) is 54.9 Å². The first kappa shape index (κ1) is 20.9. The van der Waals surface area contributed by atoms with Crippen LogP contribution in [0.1, 0.15) is 49.2 Å². The summed E-state index contributed by atoms with van der Waals surface area (Å²) in [6.07, 6.45) is 0.445. The molecule has 0 saturated carbocycles. The van der Waals surface area contributed by atoms with Gasteiger partial charge in [0, 0.05) is 28.6 Å². The third kappa shape index (κ3) is 3.83. The highest BCUT2D eigenvalue weighted by Gasteiger charge is 2.29. The van der Waals surface area contributed by atoms with Gasteiger partial charge in [-0.25, -0.2) is 23.1 Å². The maximum absolute atomic E-state index is 14.6. The van der Waals surface area contributed by atoms with Crippen molar-refractivity contribution in [2.75, 3.05) is 17.6 Å². The molecule has 1 aliphatic rings. The third-order valence-electron chi connectivity index (χ3n) is 5.66. The number of aromatic nitrogens is 2. The molecule has 4 nitrogen and oxygen atoms in total. The lowest BCUT2D eigenvalue weighted by molar-refractivity contribution is 0.146. The van der Waals surface area contributed by atoms with Crippen molar-refractivity contribution < 1.29 is 17.7 Å². The van der Waals surface area contributed by atoms with E-state index in [1.807, 2.05) is 18.2 Å². The molecule has 0 unspecified atom stereocenters. The summed E-state index contributed by atoms with van der Waals surface area (Å²) in [7, 11) is -2.40. The van der Waals surface area contributed by atoms with Gasteiger partial charge in [0.2, 0.25) is 0 Å². The Morgan fingerprint density at radius 3 is 2.47 bits per heavy atom. The molecule has 1 atom stereocenters. The molecule has 0 aliphatic carbocycles. The number of hydrogen-bond donors (Lipinski definition) is 1. The lowest BCUT2D eigenvalue weighted by Crippen LogP contribution is -2.13. The summed E-state index contributed by atoms with van der Waals surface area (Å²) in [6.45, 7) is 3.44. The zero-order chi connectivity index (χ0) is 21.5. The lowest BCUT2D eigenvalue weighted by atomic mass is 10.0. The highest BCUT2D eigenvalue weighted by atomic mass is 31.2. The van der Waals surface area contributed by atoms with Crippen LogP contribution in [0.2, 0.25) is 0 Å². The second-order valence-corrected chi connectivity index (χ2v) is 11.0. The number of fused-ring (bicyclic) bond motifs is 1. The third-order valence-corrected chi connectivity index (χ3v) is 8.96. The molecule has 0 spiro atoms. The van der Waals surface area contributed by atoms with Gasteiger partial charge in [-0.2, -0.15) is 0 Å². The first-order valence-corrected chi connectivity index (χ1v) is 12.1. The van der Waals surface area contributed by atoms with Gasteiger partial charge in [0.25, 0.3) is 6.43 Å². The van der Waals surface area contributed by atoms with Crippen molar-refractivity contribution in [3.8, 4) is 0 Å². The number of nitrogens with zero attached hydrogens (tertiary/aromatic N) is 2. The Labute approximate surface area is 173 Å². The molecule has 1 aromatic heterocycles. The number of rotatable bonds is 5. The van der Waals surface area contributed by atoms with Gasteiger partial charge in [0.15, 0.2) is 0 Å². The largest absolute Gasteiger partial charge is 0.363 e. The fourth-order valence-electron chi connectivity index (χ4n) is 4.05. The van der Waals surface area contributed by atoms with Crippen LogP contribution in [0.4, 0.5) is 19.0 Å². The monoisotopic (exact) mass is 433 g/mol. The normalized spacial score (nSPS) is 16.9. The average Bonchev–Trinajstić information content (AvgIpc) is 3.15. The van der Waals surface area contributed by atoms with Gasteiger partial charge in [-0.3, -0.25) is 0 Å². The second-order valence-electron chi connectivity index (χ2n) is 7.78. The Hall–Kier alpha value is -2.40. The zero-order valence-electron chi connectivity index (χ0n) is 16.8. The van der Waals surface area contributed by atoms with E-state index in [1.54, 1.807) is 13.8 Å². The van der Waals surface area contributed by atoms with Crippen molar-refractivity contribution >= 4 is 29.2 Å². The molecule has 158 valence electrons. The van der Waals surface area contributed by atoms with Crippen molar-refractivity contribution in [3.63, 3.8) is 0 Å². The summed E-state index contributed by atoms with van der Waals surface area (Å²) in [5.41, 5.74) is 0.206. The number of aryl methyl sites for hydroxylation is 1. The predicted molar refractivity (Wildman–Crippen MR) is 114 cm³/mol. The van der Waals surface area contributed by atoms with E-state index in [1.165, 1.54) is 12.1 Å². The second kappa shape index (κ2) is 8.03. The van der Waals surface area contributed by atoms with Gasteiger partial charge in [-0.1, -0.05) is 18.2 Å². The van der Waals surface area contributed by atoms with Crippen molar-refractivity contribution in [2.24, 2.45) is 0 Å². The number of nitrogens with one attached hydrogen (secondary N) is 1. The molecule has 8 heteroatoms. The van der Waals surface area contributed by atoms with E-state index < -0.39 is 31.0 Å². The zero-order valence-corrected chi connectivity index (χ0v) is 17.7. The highest BCUT2D eigenvalue weighted by Crippen LogP contribution is 2.51. The minimum Gasteiger partial charge on any atom is -0.363 e. The van der Waals surface area contributed by atoms with Crippen molar-refractivity contribution in [1.82, 2.24) is 9.97 Å². The number of hydrogen-bond acceptors (Lipinski definition) is 4. The van der Waals surface area contributed by atoms with Crippen LogP contribution in [0, 0.1) is 12.7 Å². The van der Waals surface area contributed by atoms with Gasteiger partial charge in [-0.05, 0) is 44.9 Å². The fourth-order valence-corrected chi connectivity index (χ4v) is 6.97. The maximum Gasteiger partial charge on any atom is 0.266 e. The molecule has 0 radical (unpaired) electrons. The minimum absolute atomic E-state index is 0.136. The molecule has 1 fully saturated rings. The van der Waals surface area contributed by atoms with Crippen molar-refractivity contribution in [1.29, 1.82) is 0 Å². The van der Waals surface area contributed by atoms with E-state index in [0.29, 0.717) is 34.9 Å². The molecule has 2 heterocycles. The molecule has 0 bridgehead atoms. The van der Waals surface area contributed by atoms with E-state index in [4.69, 9.17) is 0 Å². The minimum atomic E-state index is -2.88. The van der Waals surface area contributed by atoms with Crippen LogP contribution < -0.4 is 10.6 Å². The van der Waals surface area contributed by atoms with Crippen molar-refractivity contribution in [3.05, 3.63) is 59.2 Å². The van der Waals surface area contributed by atoms with Crippen LogP contribution in [-0.4, -0.2) is 22.3 Å². The molecule has 4 rings (SSSR count). The molecule has 30 heavy (non-hydrogen) atoms. The molecular weight excluding hydrogens is 410 g/mol. The Balaban J connectivity index is 1.75. The number of anilines is 1. The van der Waals surface area contributed by atoms with Crippen molar-refractivity contribution in [2.45, 2.75) is 39.2 Å². The summed E-state index contributed by atoms with van der Waals surface area (Å²) in [5, 5.41) is 4.65. The Morgan fingerprint density at radius 1 is 1.07 bits per heavy atom. The first-order valence-electron chi connectivity index (χ1n) is 9.98. The summed E-state index contributed by atoms with van der Waals surface area (Å²) in [5.74, 6) is 0.0809. The summed E-state index contributed by atoms with van der Waals surface area (Å²) in [6, 6.07) is 8.97. The molecule has 2 aromatic carbocycles. The summed E-state index contributed by atoms with van der Waals surface area (Å²) < 4.78 is 54.0. The standard InChI is InChI=1S/C22H23F3N3OP/c1-13(16-6-5-7-17(20(16)23)21(24)25)26-22-18-12-15(30(29)10-3-4-11-30)8-9-19(18)27-14(2)28-22/h5-9,12-13,21H,3-4,10-11H2,1-2H3,(H,26,27,28)/t13-/m1/s1. The molecule has 3 aromatic rings. The average molecular weight is 433 g/mol. The fraction of sp³-hybridized carbons (Fsp3) is 0.364. The van der Waals surface area contributed by atoms with Gasteiger partial charge < -0.3 is 9.88 Å². The first-order chi connectivity index (χ1) is 14.3. The number of alkyl halides is 2. The van der Waals surface area contributed by atoms with Crippen LogP contribution in [0.3, 0.4) is 0 Å². The summed E-state index contributed by atoms with van der Waals surface area (Å²) in [4.78, 5) is 8.91. The van der Waals surface area contributed by atoms with Gasteiger partial charge >= 0.3 is 0 Å². The van der Waals surface area contributed by atoms with Gasteiger partial charge in [0.1, 0.15) is 24.6 Å². The maximum atomic E-state index is 14.6. The summed E-state index contributed by atoms with van der Waals surface area (Å²) >= 11 is 0. The van der Waals surface area contributed by atoms with E-state index in [2.05, 4.69) is 15.3 Å². The van der Waals surface area contributed by atoms with Gasteiger partial charge in [-0.15, -0.1) is 0 Å². The Bertz CT molecular complexity index is 1140. The van der Waals surface area contributed by atoms with E-state index in [-0.39, 0.29) is 5.56 Å².